The molecule has 0 aromatic carbocycles. The molecule has 2 heterocycles. The molecule has 0 atom stereocenters. The van der Waals surface area contributed by atoms with Crippen molar-refractivity contribution in [3.05, 3.63) is 44.3 Å². The minimum absolute atomic E-state index is 0.0229. The molecule has 0 radical (unpaired) electrons. The Labute approximate surface area is 135 Å². The highest BCUT2D eigenvalue weighted by Crippen LogP contribution is 2.16. The molecule has 0 aliphatic carbocycles. The summed E-state index contributed by atoms with van der Waals surface area (Å²) in [5.74, 6) is 2.80. The summed E-state index contributed by atoms with van der Waals surface area (Å²) in [6.45, 7) is 0. The highest BCUT2D eigenvalue weighted by molar-refractivity contribution is 7.99. The monoisotopic (exact) mass is 340 g/mol. The summed E-state index contributed by atoms with van der Waals surface area (Å²) in [6.07, 6.45) is 3.76. The summed E-state index contributed by atoms with van der Waals surface area (Å²) >= 11 is 1.65. The average Bonchev–Trinajstić information content (AvgIpc) is 3.03. The predicted molar refractivity (Wildman–Crippen MR) is 84.5 cm³/mol. The molecule has 124 valence electrons. The third-order valence-corrected chi connectivity index (χ3v) is 4.42. The van der Waals surface area contributed by atoms with E-state index in [2.05, 4.69) is 9.97 Å². The normalized spacial score (nSPS) is 10.9. The number of imidazole rings is 2. The minimum Gasteiger partial charge on any atom is -0.358 e. The van der Waals surface area contributed by atoms with Crippen molar-refractivity contribution >= 4 is 23.4 Å². The number of aromatic nitrogens is 4. The molecule has 0 fully saturated rings. The van der Waals surface area contributed by atoms with E-state index in [9.17, 15) is 20.2 Å². The Hall–Kier alpha value is -2.43. The Kier molecular flexibility index (Phi) is 5.32. The number of aryl methyl sites for hydroxylation is 2. The molecule has 0 unspecified atom stereocenters. The van der Waals surface area contributed by atoms with Crippen molar-refractivity contribution in [3.8, 4) is 0 Å². The number of hydrogen-bond acceptors (Lipinski definition) is 7. The first-order valence-corrected chi connectivity index (χ1v) is 7.95. The first kappa shape index (κ1) is 16.9. The van der Waals surface area contributed by atoms with Crippen LogP contribution in [0.4, 0.5) is 11.6 Å². The zero-order valence-corrected chi connectivity index (χ0v) is 13.5. The van der Waals surface area contributed by atoms with Gasteiger partial charge < -0.3 is 20.2 Å². The van der Waals surface area contributed by atoms with Gasteiger partial charge in [0.1, 0.15) is 12.4 Å². The quantitative estimate of drug-likeness (QED) is 0.405. The second kappa shape index (κ2) is 7.22. The Morgan fingerprint density at radius 1 is 0.957 bits per heavy atom. The molecule has 23 heavy (non-hydrogen) atoms. The van der Waals surface area contributed by atoms with E-state index in [0.29, 0.717) is 24.5 Å². The van der Waals surface area contributed by atoms with Gasteiger partial charge in [-0.15, -0.1) is 0 Å². The van der Waals surface area contributed by atoms with E-state index in [1.54, 1.807) is 25.9 Å². The van der Waals surface area contributed by atoms with Crippen molar-refractivity contribution in [2.24, 2.45) is 14.1 Å². The largest absolute Gasteiger partial charge is 0.358 e. The van der Waals surface area contributed by atoms with Gasteiger partial charge in [-0.05, 0) is 9.85 Å². The fourth-order valence-corrected chi connectivity index (χ4v) is 2.97. The maximum atomic E-state index is 10.7. The second-order valence-electron chi connectivity index (χ2n) is 4.81. The zero-order chi connectivity index (χ0) is 17.0. The molecule has 0 bridgehead atoms. The first-order valence-electron chi connectivity index (χ1n) is 6.79. The van der Waals surface area contributed by atoms with Crippen LogP contribution in [-0.2, 0) is 26.9 Å². The number of nitrogens with zero attached hydrogens (tertiary/aromatic N) is 6. The molecule has 11 heteroatoms. The van der Waals surface area contributed by atoms with Crippen LogP contribution in [0.1, 0.15) is 11.6 Å². The zero-order valence-electron chi connectivity index (χ0n) is 12.7. The lowest BCUT2D eigenvalue weighted by molar-refractivity contribution is -0.392. The maximum absolute atomic E-state index is 10.7. The lowest BCUT2D eigenvalue weighted by atomic mass is 10.4. The van der Waals surface area contributed by atoms with Crippen LogP contribution in [0.25, 0.3) is 0 Å². The lowest BCUT2D eigenvalue weighted by Crippen LogP contribution is -2.05. The van der Waals surface area contributed by atoms with E-state index in [1.165, 1.54) is 21.5 Å². The summed E-state index contributed by atoms with van der Waals surface area (Å²) in [6, 6.07) is 0. The summed E-state index contributed by atoms with van der Waals surface area (Å²) in [5.41, 5.74) is 0. The van der Waals surface area contributed by atoms with E-state index in [0.717, 1.165) is 11.5 Å². The molecule has 0 aliphatic rings. The Morgan fingerprint density at radius 3 is 1.65 bits per heavy atom. The molecule has 0 spiro atoms. The summed E-state index contributed by atoms with van der Waals surface area (Å²) in [5, 5.41) is 21.5. The van der Waals surface area contributed by atoms with Crippen molar-refractivity contribution in [1.82, 2.24) is 19.1 Å². The van der Waals surface area contributed by atoms with Crippen LogP contribution >= 0.6 is 11.8 Å². The van der Waals surface area contributed by atoms with Crippen LogP contribution < -0.4 is 0 Å². The van der Waals surface area contributed by atoms with Gasteiger partial charge >= 0.3 is 11.6 Å². The highest BCUT2D eigenvalue weighted by Gasteiger charge is 2.17. The number of rotatable bonds is 8. The molecular formula is C12H16N6O4S. The molecular weight excluding hydrogens is 324 g/mol. The first-order chi connectivity index (χ1) is 10.9. The van der Waals surface area contributed by atoms with Gasteiger partial charge in [0, 0.05) is 24.3 Å². The van der Waals surface area contributed by atoms with Gasteiger partial charge in [-0.3, -0.25) is 0 Å². The Balaban J connectivity index is 1.78. The van der Waals surface area contributed by atoms with Gasteiger partial charge in [0.2, 0.25) is 0 Å². The number of hydrogen-bond donors (Lipinski definition) is 0. The average molecular weight is 340 g/mol. The topological polar surface area (TPSA) is 122 Å². The third-order valence-electron chi connectivity index (χ3n) is 3.43. The summed E-state index contributed by atoms with van der Waals surface area (Å²) in [7, 11) is 3.25. The van der Waals surface area contributed by atoms with Crippen LogP contribution in [0.2, 0.25) is 0 Å². The SMILES string of the molecule is Cn1c([N+](=O)[O-])cnc1CCSCCc1ncc([N+](=O)[O-])n1C. The van der Waals surface area contributed by atoms with Gasteiger partial charge in [0.25, 0.3) is 0 Å². The Morgan fingerprint density at radius 2 is 1.35 bits per heavy atom. The second-order valence-corrected chi connectivity index (χ2v) is 6.03. The van der Waals surface area contributed by atoms with Crippen molar-refractivity contribution in [3.63, 3.8) is 0 Å². The van der Waals surface area contributed by atoms with Crippen LogP contribution in [0.3, 0.4) is 0 Å². The van der Waals surface area contributed by atoms with Gasteiger partial charge in [-0.2, -0.15) is 11.8 Å². The standard InChI is InChI=1S/C12H16N6O4S/c1-15-9(13-7-11(15)17(19)20)3-5-23-6-4-10-14-8-12(16(10)2)18(21)22/h7-8H,3-6H2,1-2H3. The fourth-order valence-electron chi connectivity index (χ4n) is 2.11. The van der Waals surface area contributed by atoms with E-state index >= 15 is 0 Å². The minimum atomic E-state index is -0.461. The number of nitro groups is 2. The molecule has 2 aromatic heterocycles. The number of thioether (sulfide) groups is 1. The van der Waals surface area contributed by atoms with E-state index < -0.39 is 9.85 Å². The van der Waals surface area contributed by atoms with Gasteiger partial charge in [-0.25, -0.2) is 19.1 Å². The van der Waals surface area contributed by atoms with E-state index in [4.69, 9.17) is 0 Å². The van der Waals surface area contributed by atoms with Crippen LogP contribution in [0.15, 0.2) is 12.4 Å². The summed E-state index contributed by atoms with van der Waals surface area (Å²) < 4.78 is 2.95. The molecule has 0 saturated carbocycles. The van der Waals surface area contributed by atoms with E-state index in [-0.39, 0.29) is 11.6 Å². The Bertz CT molecular complexity index is 665. The fraction of sp³-hybridized carbons (Fsp3) is 0.500. The van der Waals surface area contributed by atoms with Gasteiger partial charge in [0.15, 0.2) is 11.6 Å². The van der Waals surface area contributed by atoms with Crippen molar-refractivity contribution in [1.29, 1.82) is 0 Å². The summed E-state index contributed by atoms with van der Waals surface area (Å²) in [4.78, 5) is 28.6. The molecule has 2 rings (SSSR count). The molecule has 10 nitrogen and oxygen atoms in total. The lowest BCUT2D eigenvalue weighted by Gasteiger charge is -2.01. The molecule has 0 aliphatic heterocycles. The predicted octanol–water partition coefficient (Wildman–Crippen LogP) is 1.49. The van der Waals surface area contributed by atoms with Crippen molar-refractivity contribution in [2.45, 2.75) is 12.8 Å². The van der Waals surface area contributed by atoms with Crippen molar-refractivity contribution < 1.29 is 9.85 Å². The third kappa shape index (κ3) is 3.86. The molecule has 0 saturated heterocycles. The van der Waals surface area contributed by atoms with E-state index in [1.807, 2.05) is 0 Å². The van der Waals surface area contributed by atoms with Crippen LogP contribution in [-0.4, -0.2) is 40.5 Å². The van der Waals surface area contributed by atoms with Crippen LogP contribution in [0.5, 0.6) is 0 Å². The highest BCUT2D eigenvalue weighted by atomic mass is 32.2. The van der Waals surface area contributed by atoms with Gasteiger partial charge in [0.05, 0.1) is 14.1 Å². The van der Waals surface area contributed by atoms with Crippen LogP contribution in [0, 0.1) is 20.2 Å². The smallest absolute Gasteiger partial charge is 0.342 e. The molecule has 0 amide bonds. The molecule has 0 N–H and O–H groups in total. The van der Waals surface area contributed by atoms with Gasteiger partial charge in [-0.1, -0.05) is 0 Å². The van der Waals surface area contributed by atoms with Crippen molar-refractivity contribution in [2.75, 3.05) is 11.5 Å². The maximum Gasteiger partial charge on any atom is 0.342 e. The molecule has 2 aromatic rings.